The molecule has 1 aliphatic rings. The highest BCUT2D eigenvalue weighted by Crippen LogP contribution is 2.51. The van der Waals surface area contributed by atoms with Crippen LogP contribution in [0.5, 0.6) is 0 Å². The number of hydrogen-bond acceptors (Lipinski definition) is 3. The molecule has 298 valence electrons. The van der Waals surface area contributed by atoms with E-state index < -0.39 is 0 Å². The van der Waals surface area contributed by atoms with Crippen LogP contribution in [0.4, 0.5) is 17.1 Å². The van der Waals surface area contributed by atoms with Crippen LogP contribution >= 0.6 is 11.3 Å². The van der Waals surface area contributed by atoms with Gasteiger partial charge in [0, 0.05) is 48.3 Å². The van der Waals surface area contributed by atoms with Crippen molar-refractivity contribution in [1.29, 1.82) is 0 Å². The van der Waals surface area contributed by atoms with Gasteiger partial charge < -0.3 is 4.90 Å². The third-order valence-corrected chi connectivity index (χ3v) is 14.6. The highest BCUT2D eigenvalue weighted by molar-refractivity contribution is 7.26. The van der Waals surface area contributed by atoms with Gasteiger partial charge in [-0.2, -0.15) is 0 Å². The summed E-state index contributed by atoms with van der Waals surface area (Å²) in [5.41, 5.74) is 18.9. The number of aromatic nitrogens is 3. The molecule has 12 aromatic rings. The second kappa shape index (κ2) is 13.6. The van der Waals surface area contributed by atoms with Gasteiger partial charge in [0.15, 0.2) is 0 Å². The third-order valence-electron chi connectivity index (χ3n) is 13.4. The molecule has 0 saturated carbocycles. The lowest BCUT2D eigenvalue weighted by molar-refractivity contribution is 0.660. The Hall–Kier alpha value is -7.73. The average Bonchev–Trinajstić information content (AvgIpc) is 4.06. The minimum atomic E-state index is -0.111. The Morgan fingerprint density at radius 3 is 1.84 bits per heavy atom. The molecule has 4 nitrogen and oxygen atoms in total. The number of fused-ring (bicyclic) bond motifs is 11. The Balaban J connectivity index is 0.886. The van der Waals surface area contributed by atoms with Gasteiger partial charge in [0.25, 0.3) is 0 Å². The lowest BCUT2D eigenvalue weighted by Gasteiger charge is -2.28. The zero-order chi connectivity index (χ0) is 41.8. The van der Waals surface area contributed by atoms with E-state index in [1.54, 1.807) is 0 Å². The summed E-state index contributed by atoms with van der Waals surface area (Å²) in [5.74, 6) is 0.915. The van der Waals surface area contributed by atoms with Crippen molar-refractivity contribution in [2.75, 3.05) is 4.90 Å². The predicted octanol–water partition coefficient (Wildman–Crippen LogP) is 15.9. The van der Waals surface area contributed by atoms with Crippen molar-refractivity contribution in [2.24, 2.45) is 0 Å². The second-order valence-corrected chi connectivity index (χ2v) is 18.3. The van der Waals surface area contributed by atoms with E-state index in [1.165, 1.54) is 53.6 Å². The predicted molar refractivity (Wildman–Crippen MR) is 266 cm³/mol. The first-order valence-electron chi connectivity index (χ1n) is 21.6. The Bertz CT molecular complexity index is 3750. The molecule has 0 bridgehead atoms. The molecule has 3 aromatic heterocycles. The second-order valence-electron chi connectivity index (χ2n) is 17.2. The van der Waals surface area contributed by atoms with Crippen molar-refractivity contribution in [1.82, 2.24) is 14.0 Å². The van der Waals surface area contributed by atoms with E-state index in [-0.39, 0.29) is 5.41 Å². The number of benzene rings is 9. The molecule has 0 N–H and O–H groups in total. The fraction of sp³-hybridized carbons (Fsp3) is 0.0517. The van der Waals surface area contributed by atoms with Crippen molar-refractivity contribution in [3.8, 4) is 39.1 Å². The van der Waals surface area contributed by atoms with Crippen LogP contribution in [0.25, 0.3) is 87.1 Å². The van der Waals surface area contributed by atoms with Crippen LogP contribution in [-0.2, 0) is 5.41 Å². The topological polar surface area (TPSA) is 25.5 Å². The van der Waals surface area contributed by atoms with Crippen molar-refractivity contribution in [3.05, 3.63) is 217 Å². The molecular formula is C58H40N4S. The number of anilines is 3. The molecule has 9 aromatic carbocycles. The van der Waals surface area contributed by atoms with Gasteiger partial charge in [-0.3, -0.25) is 8.97 Å². The van der Waals surface area contributed by atoms with Crippen LogP contribution < -0.4 is 4.90 Å². The Labute approximate surface area is 369 Å². The number of para-hydroxylation sites is 4. The summed E-state index contributed by atoms with van der Waals surface area (Å²) < 4.78 is 7.19. The largest absolute Gasteiger partial charge is 0.310 e. The van der Waals surface area contributed by atoms with E-state index >= 15 is 0 Å². The normalized spacial score (nSPS) is 13.0. The van der Waals surface area contributed by atoms with Crippen LogP contribution in [0, 0.1) is 0 Å². The third kappa shape index (κ3) is 5.43. The van der Waals surface area contributed by atoms with Gasteiger partial charge in [-0.15, -0.1) is 11.3 Å². The van der Waals surface area contributed by atoms with Gasteiger partial charge in [0.05, 0.1) is 22.1 Å². The summed E-state index contributed by atoms with van der Waals surface area (Å²) in [6, 6.07) is 75.3. The SMILES string of the molecule is CC1(C)c2ccccc2-c2ccc(N(c3ccc(-c4ccc(-n5c6ccccc6n6c7ccccc7nc56)cc4)cc3)c3ccc(-c4cccc5c4sc4ccccc45)cc3)cc21. The molecule has 3 heterocycles. The molecule has 0 spiro atoms. The Kier molecular flexibility index (Phi) is 7.79. The lowest BCUT2D eigenvalue weighted by atomic mass is 9.82. The minimum Gasteiger partial charge on any atom is -0.310 e. The molecule has 0 radical (unpaired) electrons. The number of imidazole rings is 2. The summed E-state index contributed by atoms with van der Waals surface area (Å²) in [4.78, 5) is 7.49. The first kappa shape index (κ1) is 36.0. The van der Waals surface area contributed by atoms with Crippen molar-refractivity contribution < 1.29 is 0 Å². The van der Waals surface area contributed by atoms with Crippen LogP contribution in [0.2, 0.25) is 0 Å². The molecular weight excluding hydrogens is 785 g/mol. The number of nitrogens with zero attached hydrogens (tertiary/aromatic N) is 4. The van der Waals surface area contributed by atoms with Crippen molar-refractivity contribution in [3.63, 3.8) is 0 Å². The first-order chi connectivity index (χ1) is 31.0. The van der Waals surface area contributed by atoms with Gasteiger partial charge in [0.2, 0.25) is 5.78 Å². The quantitative estimate of drug-likeness (QED) is 0.167. The fourth-order valence-corrected chi connectivity index (χ4v) is 11.5. The number of hydrogen-bond donors (Lipinski definition) is 0. The monoisotopic (exact) mass is 824 g/mol. The minimum absolute atomic E-state index is 0.111. The maximum Gasteiger partial charge on any atom is 0.220 e. The van der Waals surface area contributed by atoms with E-state index in [0.29, 0.717) is 0 Å². The number of thiophene rings is 1. The molecule has 13 rings (SSSR count). The van der Waals surface area contributed by atoms with Crippen LogP contribution in [0.15, 0.2) is 206 Å². The van der Waals surface area contributed by atoms with Gasteiger partial charge in [-0.1, -0.05) is 141 Å². The molecule has 5 heteroatoms. The maximum absolute atomic E-state index is 5.08. The van der Waals surface area contributed by atoms with Crippen LogP contribution in [-0.4, -0.2) is 14.0 Å². The molecule has 0 amide bonds. The molecule has 0 saturated heterocycles. The molecule has 63 heavy (non-hydrogen) atoms. The standard InChI is InChI=1S/C58H40N4S/c1-58(2)49-16-5-3-12-45(49)46-35-34-43(36-50(46)58)60(41-32-26-39(27-33-41)44-14-11-15-48-47-13-4-10-21-55(47)63-56(44)48)40-28-22-37(23-29-40)38-24-30-42(31-25-38)61-53-19-8-9-20-54(53)62-52-18-7-6-17-51(52)59-57(61)62/h3-36H,1-2H3. The van der Waals surface area contributed by atoms with Gasteiger partial charge in [0.1, 0.15) is 0 Å². The van der Waals surface area contributed by atoms with Crippen LogP contribution in [0.3, 0.4) is 0 Å². The molecule has 0 atom stereocenters. The Morgan fingerprint density at radius 2 is 1.05 bits per heavy atom. The van der Waals surface area contributed by atoms with E-state index in [0.717, 1.165) is 61.7 Å². The van der Waals surface area contributed by atoms with Crippen molar-refractivity contribution in [2.45, 2.75) is 19.3 Å². The molecule has 0 aliphatic heterocycles. The molecule has 0 unspecified atom stereocenters. The highest BCUT2D eigenvalue weighted by atomic mass is 32.1. The summed E-state index contributed by atoms with van der Waals surface area (Å²) >= 11 is 1.88. The fourth-order valence-electron chi connectivity index (χ4n) is 10.3. The summed E-state index contributed by atoms with van der Waals surface area (Å²) in [7, 11) is 0. The lowest BCUT2D eigenvalue weighted by Crippen LogP contribution is -2.16. The van der Waals surface area contributed by atoms with E-state index in [4.69, 9.17) is 4.98 Å². The highest BCUT2D eigenvalue weighted by Gasteiger charge is 2.35. The van der Waals surface area contributed by atoms with E-state index in [9.17, 15) is 0 Å². The number of rotatable bonds is 6. The zero-order valence-corrected chi connectivity index (χ0v) is 35.6. The smallest absolute Gasteiger partial charge is 0.220 e. The van der Waals surface area contributed by atoms with Crippen molar-refractivity contribution >= 4 is 76.4 Å². The summed E-state index contributed by atoms with van der Waals surface area (Å²) in [6.07, 6.45) is 0. The molecule has 0 fully saturated rings. The summed E-state index contributed by atoms with van der Waals surface area (Å²) in [5, 5.41) is 2.64. The van der Waals surface area contributed by atoms with Gasteiger partial charge in [-0.25, -0.2) is 4.98 Å². The average molecular weight is 825 g/mol. The van der Waals surface area contributed by atoms with Gasteiger partial charge >= 0.3 is 0 Å². The molecule has 1 aliphatic carbocycles. The Morgan fingerprint density at radius 1 is 0.460 bits per heavy atom. The van der Waals surface area contributed by atoms with Gasteiger partial charge in [-0.05, 0) is 123 Å². The van der Waals surface area contributed by atoms with E-state index in [1.807, 2.05) is 11.3 Å². The maximum atomic E-state index is 5.08. The van der Waals surface area contributed by atoms with Crippen LogP contribution in [0.1, 0.15) is 25.0 Å². The summed E-state index contributed by atoms with van der Waals surface area (Å²) in [6.45, 7) is 4.71. The van der Waals surface area contributed by atoms with E-state index in [2.05, 4.69) is 234 Å². The zero-order valence-electron chi connectivity index (χ0n) is 34.8. The first-order valence-corrected chi connectivity index (χ1v) is 22.4.